The first-order chi connectivity index (χ1) is 20.2. The Hall–Kier alpha value is -4.02. The smallest absolute Gasteiger partial charge is 0.301 e. The fourth-order valence-electron chi connectivity index (χ4n) is 5.25. The molecule has 0 aliphatic carbocycles. The van der Waals surface area contributed by atoms with Crippen molar-refractivity contribution in [3.63, 3.8) is 0 Å². The zero-order valence-corrected chi connectivity index (χ0v) is 24.8. The zero-order chi connectivity index (χ0) is 29.5. The molecule has 3 aromatic carbocycles. The normalized spacial score (nSPS) is 19.4. The average molecular weight is 602 g/mol. The molecule has 1 N–H and O–H groups in total. The van der Waals surface area contributed by atoms with Gasteiger partial charge in [0.25, 0.3) is 5.78 Å². The summed E-state index contributed by atoms with van der Waals surface area (Å²) in [4.78, 5) is 28.5. The summed E-state index contributed by atoms with van der Waals surface area (Å²) in [5, 5.41) is 20.2. The standard InChI is InChI=1S/C32H28FN3O4S2/c1-17(2)19-8-10-20(11-9-19)27-26(28(37)21-12-13-25-23(15-21)14-18(3)40-25)29(38)30(39)36(27)31-34-35-32(42-31)41-16-22-6-4-5-7-24(22)33/h4-13,15,17-18,27,37H,14,16H2,1-3H3/t18-,27+/m0/s1. The van der Waals surface area contributed by atoms with Gasteiger partial charge in [-0.3, -0.25) is 14.5 Å². The molecule has 2 aliphatic heterocycles. The van der Waals surface area contributed by atoms with Crippen molar-refractivity contribution in [2.75, 3.05) is 4.90 Å². The maximum atomic E-state index is 14.1. The first-order valence-corrected chi connectivity index (χ1v) is 15.4. The van der Waals surface area contributed by atoms with Gasteiger partial charge in [0, 0.05) is 17.7 Å². The molecule has 1 fully saturated rings. The molecule has 10 heteroatoms. The number of halogens is 1. The molecule has 214 valence electrons. The molecule has 1 saturated heterocycles. The summed E-state index contributed by atoms with van der Waals surface area (Å²) >= 11 is 2.44. The maximum absolute atomic E-state index is 14.1. The molecule has 4 aromatic rings. The van der Waals surface area contributed by atoms with Crippen LogP contribution in [0.5, 0.6) is 5.75 Å². The highest BCUT2D eigenvalue weighted by molar-refractivity contribution is 8.00. The molecule has 0 spiro atoms. The zero-order valence-electron chi connectivity index (χ0n) is 23.2. The van der Waals surface area contributed by atoms with E-state index in [0.29, 0.717) is 39.1 Å². The van der Waals surface area contributed by atoms with Crippen LogP contribution in [0.3, 0.4) is 0 Å². The van der Waals surface area contributed by atoms with Crippen molar-refractivity contribution in [2.45, 2.75) is 55.3 Å². The van der Waals surface area contributed by atoms with E-state index in [9.17, 15) is 19.1 Å². The lowest BCUT2D eigenvalue weighted by molar-refractivity contribution is -0.132. The molecule has 3 heterocycles. The minimum absolute atomic E-state index is 0.0139. The second kappa shape index (κ2) is 11.3. The number of nitrogens with zero attached hydrogens (tertiary/aromatic N) is 3. The van der Waals surface area contributed by atoms with Gasteiger partial charge >= 0.3 is 5.91 Å². The SMILES string of the molecule is CC(C)c1ccc([C@@H]2C(=C(O)c3ccc4c(c3)C[C@H](C)O4)C(=O)C(=O)N2c2nnc(SCc3ccccc3F)s2)cc1. The van der Waals surface area contributed by atoms with Crippen molar-refractivity contribution < 1.29 is 23.8 Å². The van der Waals surface area contributed by atoms with Crippen LogP contribution in [0, 0.1) is 5.82 Å². The number of ketones is 1. The largest absolute Gasteiger partial charge is 0.507 e. The van der Waals surface area contributed by atoms with Crippen molar-refractivity contribution in [1.82, 2.24) is 10.2 Å². The minimum atomic E-state index is -0.910. The monoisotopic (exact) mass is 601 g/mol. The third kappa shape index (κ3) is 5.20. The first kappa shape index (κ1) is 28.1. The molecule has 2 atom stereocenters. The van der Waals surface area contributed by atoms with Crippen molar-refractivity contribution in [1.29, 1.82) is 0 Å². The van der Waals surface area contributed by atoms with E-state index in [-0.39, 0.29) is 28.4 Å². The third-order valence-electron chi connectivity index (χ3n) is 7.44. The van der Waals surface area contributed by atoms with Gasteiger partial charge in [-0.1, -0.05) is 79.4 Å². The summed E-state index contributed by atoms with van der Waals surface area (Å²) in [5.74, 6) is -0.789. The van der Waals surface area contributed by atoms with Crippen LogP contribution in [-0.2, 0) is 21.8 Å². The molecule has 0 unspecified atom stereocenters. The molecule has 6 rings (SSSR count). The summed E-state index contributed by atoms with van der Waals surface area (Å²) in [5.41, 5.74) is 3.64. The summed E-state index contributed by atoms with van der Waals surface area (Å²) in [6.07, 6.45) is 0.702. The Labute approximate surface area is 251 Å². The number of carbonyl (C=O) groups is 2. The molecule has 7 nitrogen and oxygen atoms in total. The van der Waals surface area contributed by atoms with E-state index in [0.717, 1.165) is 28.2 Å². The summed E-state index contributed by atoms with van der Waals surface area (Å²) in [7, 11) is 0. The van der Waals surface area contributed by atoms with Gasteiger partial charge in [0.05, 0.1) is 11.6 Å². The van der Waals surface area contributed by atoms with E-state index < -0.39 is 17.7 Å². The number of aliphatic hydroxyl groups excluding tert-OH is 1. The minimum Gasteiger partial charge on any atom is -0.507 e. The van der Waals surface area contributed by atoms with Crippen molar-refractivity contribution >= 4 is 45.7 Å². The second-order valence-corrected chi connectivity index (χ2v) is 12.9. The van der Waals surface area contributed by atoms with Gasteiger partial charge in [-0.2, -0.15) is 0 Å². The quantitative estimate of drug-likeness (QED) is 0.0798. The molecule has 2 aliphatic rings. The van der Waals surface area contributed by atoms with Gasteiger partial charge in [-0.25, -0.2) is 4.39 Å². The topological polar surface area (TPSA) is 92.6 Å². The lowest BCUT2D eigenvalue weighted by Gasteiger charge is -2.23. The predicted molar refractivity (Wildman–Crippen MR) is 161 cm³/mol. The van der Waals surface area contributed by atoms with Crippen LogP contribution >= 0.6 is 23.1 Å². The van der Waals surface area contributed by atoms with Gasteiger partial charge in [-0.15, -0.1) is 10.2 Å². The van der Waals surface area contributed by atoms with Crippen LogP contribution in [0.1, 0.15) is 60.5 Å². The van der Waals surface area contributed by atoms with Crippen LogP contribution < -0.4 is 9.64 Å². The Morgan fingerprint density at radius 3 is 2.62 bits per heavy atom. The Kier molecular flexibility index (Phi) is 7.59. The van der Waals surface area contributed by atoms with Gasteiger partial charge in [0.1, 0.15) is 23.4 Å². The van der Waals surface area contributed by atoms with E-state index in [1.807, 2.05) is 37.3 Å². The molecule has 0 radical (unpaired) electrons. The number of Topliss-reactive ketones (excluding diaryl/α,β-unsaturated/α-hetero) is 1. The number of anilines is 1. The lowest BCUT2D eigenvalue weighted by Crippen LogP contribution is -2.29. The van der Waals surface area contributed by atoms with Crippen molar-refractivity contribution in [3.05, 3.63) is 106 Å². The number of hydrogen-bond donors (Lipinski definition) is 1. The number of fused-ring (bicyclic) bond motifs is 1. The van der Waals surface area contributed by atoms with E-state index in [4.69, 9.17) is 4.74 Å². The van der Waals surface area contributed by atoms with Crippen LogP contribution in [0.4, 0.5) is 9.52 Å². The summed E-state index contributed by atoms with van der Waals surface area (Å²) in [6.45, 7) is 6.14. The number of rotatable bonds is 7. The van der Waals surface area contributed by atoms with Gasteiger partial charge in [-0.05, 0) is 59.4 Å². The number of thioether (sulfide) groups is 1. The average Bonchev–Trinajstić information content (AvgIpc) is 3.67. The number of benzene rings is 3. The fourth-order valence-corrected chi connectivity index (χ4v) is 7.10. The van der Waals surface area contributed by atoms with E-state index >= 15 is 0 Å². The van der Waals surface area contributed by atoms with E-state index in [2.05, 4.69) is 24.0 Å². The molecule has 1 amide bonds. The number of aromatic nitrogens is 2. The summed E-state index contributed by atoms with van der Waals surface area (Å²) < 4.78 is 20.5. The van der Waals surface area contributed by atoms with Crippen molar-refractivity contribution in [2.24, 2.45) is 0 Å². The molecule has 1 aromatic heterocycles. The van der Waals surface area contributed by atoms with E-state index in [1.165, 1.54) is 22.7 Å². The Bertz CT molecular complexity index is 1720. The first-order valence-electron chi connectivity index (χ1n) is 13.6. The van der Waals surface area contributed by atoms with E-state index in [1.54, 1.807) is 30.3 Å². The van der Waals surface area contributed by atoms with Crippen LogP contribution in [0.15, 0.2) is 76.6 Å². The highest BCUT2D eigenvalue weighted by Crippen LogP contribution is 2.45. The Morgan fingerprint density at radius 2 is 1.88 bits per heavy atom. The number of amides is 1. The fraction of sp³-hybridized carbons (Fsp3) is 0.250. The lowest BCUT2D eigenvalue weighted by atomic mass is 9.93. The highest BCUT2D eigenvalue weighted by Gasteiger charge is 2.48. The Balaban J connectivity index is 1.40. The molecular weight excluding hydrogens is 574 g/mol. The Morgan fingerprint density at radius 1 is 1.12 bits per heavy atom. The molecular formula is C32H28FN3O4S2. The van der Waals surface area contributed by atoms with Gasteiger partial charge < -0.3 is 9.84 Å². The predicted octanol–water partition coefficient (Wildman–Crippen LogP) is 7.04. The number of aliphatic hydroxyl groups is 1. The van der Waals surface area contributed by atoms with Crippen LogP contribution in [-0.4, -0.2) is 33.1 Å². The van der Waals surface area contributed by atoms with Crippen molar-refractivity contribution in [3.8, 4) is 5.75 Å². The number of hydrogen-bond acceptors (Lipinski definition) is 8. The number of carbonyl (C=O) groups excluding carboxylic acids is 2. The third-order valence-corrected chi connectivity index (χ3v) is 9.55. The summed E-state index contributed by atoms with van der Waals surface area (Å²) in [6, 6.07) is 18.6. The van der Waals surface area contributed by atoms with Gasteiger partial charge in [0.15, 0.2) is 4.34 Å². The van der Waals surface area contributed by atoms with Crippen LogP contribution in [0.25, 0.3) is 5.76 Å². The maximum Gasteiger partial charge on any atom is 0.301 e. The highest BCUT2D eigenvalue weighted by atomic mass is 32.2. The van der Waals surface area contributed by atoms with Gasteiger partial charge in [0.2, 0.25) is 5.13 Å². The molecule has 42 heavy (non-hydrogen) atoms. The second-order valence-electron chi connectivity index (χ2n) is 10.7. The molecule has 0 bridgehead atoms. The van der Waals surface area contributed by atoms with Crippen LogP contribution in [0.2, 0.25) is 0 Å². The number of ether oxygens (including phenoxy) is 1. The molecule has 0 saturated carbocycles.